The maximum atomic E-state index is 11.1. The lowest BCUT2D eigenvalue weighted by Crippen LogP contribution is -2.15. The molecule has 0 fully saturated rings. The molecule has 2 rings (SSSR count). The molecule has 0 bridgehead atoms. The Bertz CT molecular complexity index is 577. The maximum Gasteiger partial charge on any atom is 0.221 e. The molecule has 0 saturated heterocycles. The van der Waals surface area contributed by atoms with E-state index in [-0.39, 0.29) is 12.3 Å². The zero-order chi connectivity index (χ0) is 14.4. The fraction of sp³-hybridized carbons (Fsp3) is 0.333. The number of hydrogen-bond donors (Lipinski definition) is 2. The van der Waals surface area contributed by atoms with E-state index in [0.29, 0.717) is 6.54 Å². The lowest BCUT2D eigenvalue weighted by molar-refractivity contribution is -0.117. The molecular formula is C15H20N4O. The Kier molecular flexibility index (Phi) is 4.76. The van der Waals surface area contributed by atoms with Crippen LogP contribution >= 0.6 is 0 Å². The monoisotopic (exact) mass is 272 g/mol. The van der Waals surface area contributed by atoms with Gasteiger partial charge in [-0.3, -0.25) is 4.79 Å². The highest BCUT2D eigenvalue weighted by Gasteiger charge is 2.06. The quantitative estimate of drug-likeness (QED) is 0.809. The van der Waals surface area contributed by atoms with Gasteiger partial charge in [0.2, 0.25) is 5.91 Å². The predicted molar refractivity (Wildman–Crippen MR) is 79.2 cm³/mol. The van der Waals surface area contributed by atoms with Crippen molar-refractivity contribution in [2.45, 2.75) is 32.9 Å². The standard InChI is InChI=1S/C15H20N4O/c1-2-7-19-11-17-9-13(19)10-18-14-6-4-3-5-12(14)8-15(16)20/h3-6,9,11,18H,2,7-8,10H2,1H3,(H2,16,20). The number of nitrogens with two attached hydrogens (primary N) is 1. The van der Waals surface area contributed by atoms with Crippen molar-refractivity contribution < 1.29 is 4.79 Å². The van der Waals surface area contributed by atoms with Gasteiger partial charge in [-0.05, 0) is 18.1 Å². The number of aryl methyl sites for hydroxylation is 1. The highest BCUT2D eigenvalue weighted by Crippen LogP contribution is 2.16. The number of aromatic nitrogens is 2. The number of carbonyl (C=O) groups is 1. The zero-order valence-electron chi connectivity index (χ0n) is 11.7. The molecule has 0 spiro atoms. The predicted octanol–water partition coefficient (Wildman–Crippen LogP) is 1.93. The Labute approximate surface area is 118 Å². The number of amides is 1. The Morgan fingerprint density at radius 2 is 2.20 bits per heavy atom. The highest BCUT2D eigenvalue weighted by molar-refractivity contribution is 5.78. The Morgan fingerprint density at radius 1 is 1.40 bits per heavy atom. The molecule has 1 heterocycles. The number of carbonyl (C=O) groups excluding carboxylic acids is 1. The fourth-order valence-corrected chi connectivity index (χ4v) is 2.16. The summed E-state index contributed by atoms with van der Waals surface area (Å²) in [5.41, 5.74) is 8.25. The van der Waals surface area contributed by atoms with Gasteiger partial charge in [0, 0.05) is 18.4 Å². The molecular weight excluding hydrogens is 252 g/mol. The summed E-state index contributed by atoms with van der Waals surface area (Å²) in [7, 11) is 0. The Hall–Kier alpha value is -2.30. The smallest absolute Gasteiger partial charge is 0.221 e. The summed E-state index contributed by atoms with van der Waals surface area (Å²) in [5, 5.41) is 3.35. The third kappa shape index (κ3) is 3.60. The van der Waals surface area contributed by atoms with E-state index >= 15 is 0 Å². The number of primary amides is 1. The number of nitrogens with zero attached hydrogens (tertiary/aromatic N) is 2. The van der Waals surface area contributed by atoms with E-state index < -0.39 is 0 Å². The Balaban J connectivity index is 2.06. The van der Waals surface area contributed by atoms with Crippen molar-refractivity contribution >= 4 is 11.6 Å². The molecule has 3 N–H and O–H groups in total. The average molecular weight is 272 g/mol. The maximum absolute atomic E-state index is 11.1. The van der Waals surface area contributed by atoms with Gasteiger partial charge in [0.05, 0.1) is 25.0 Å². The number of benzene rings is 1. The van der Waals surface area contributed by atoms with Crippen molar-refractivity contribution in [3.8, 4) is 0 Å². The minimum Gasteiger partial charge on any atom is -0.379 e. The van der Waals surface area contributed by atoms with Gasteiger partial charge < -0.3 is 15.6 Å². The van der Waals surface area contributed by atoms with E-state index in [9.17, 15) is 4.79 Å². The van der Waals surface area contributed by atoms with E-state index in [4.69, 9.17) is 5.73 Å². The van der Waals surface area contributed by atoms with E-state index in [1.165, 1.54) is 0 Å². The van der Waals surface area contributed by atoms with Gasteiger partial charge in [-0.15, -0.1) is 0 Å². The molecule has 5 heteroatoms. The second kappa shape index (κ2) is 6.75. The van der Waals surface area contributed by atoms with Crippen molar-refractivity contribution in [1.29, 1.82) is 0 Å². The summed E-state index contributed by atoms with van der Waals surface area (Å²) < 4.78 is 2.13. The molecule has 1 aromatic carbocycles. The third-order valence-electron chi connectivity index (χ3n) is 3.11. The zero-order valence-corrected chi connectivity index (χ0v) is 11.7. The van der Waals surface area contributed by atoms with Crippen LogP contribution < -0.4 is 11.1 Å². The molecule has 0 aliphatic carbocycles. The van der Waals surface area contributed by atoms with Crippen LogP contribution in [0.2, 0.25) is 0 Å². The van der Waals surface area contributed by atoms with Crippen LogP contribution in [0.4, 0.5) is 5.69 Å². The average Bonchev–Trinajstić information content (AvgIpc) is 2.85. The molecule has 0 unspecified atom stereocenters. The first-order valence-electron chi connectivity index (χ1n) is 6.79. The van der Waals surface area contributed by atoms with E-state index in [0.717, 1.165) is 29.9 Å². The molecule has 1 aromatic heterocycles. The van der Waals surface area contributed by atoms with Crippen LogP contribution in [-0.4, -0.2) is 15.5 Å². The summed E-state index contributed by atoms with van der Waals surface area (Å²) in [6.07, 6.45) is 5.02. The van der Waals surface area contributed by atoms with Crippen molar-refractivity contribution in [3.05, 3.63) is 48.0 Å². The Morgan fingerprint density at radius 3 is 2.95 bits per heavy atom. The number of anilines is 1. The summed E-state index contributed by atoms with van der Waals surface area (Å²) in [5.74, 6) is -0.324. The molecule has 2 aromatic rings. The minimum atomic E-state index is -0.324. The van der Waals surface area contributed by atoms with Crippen molar-refractivity contribution in [1.82, 2.24) is 9.55 Å². The van der Waals surface area contributed by atoms with Crippen molar-refractivity contribution in [3.63, 3.8) is 0 Å². The first kappa shape index (κ1) is 14.1. The highest BCUT2D eigenvalue weighted by atomic mass is 16.1. The molecule has 1 amide bonds. The topological polar surface area (TPSA) is 72.9 Å². The molecule has 20 heavy (non-hydrogen) atoms. The van der Waals surface area contributed by atoms with Crippen LogP contribution in [0.1, 0.15) is 24.6 Å². The summed E-state index contributed by atoms with van der Waals surface area (Å²) in [6.45, 7) is 3.77. The normalized spacial score (nSPS) is 10.4. The van der Waals surface area contributed by atoms with Gasteiger partial charge in [-0.2, -0.15) is 0 Å². The van der Waals surface area contributed by atoms with Crippen LogP contribution in [0.3, 0.4) is 0 Å². The molecule has 106 valence electrons. The number of para-hydroxylation sites is 1. The van der Waals surface area contributed by atoms with E-state index in [2.05, 4.69) is 21.8 Å². The second-order valence-corrected chi connectivity index (χ2v) is 4.73. The number of nitrogens with one attached hydrogen (secondary N) is 1. The lowest BCUT2D eigenvalue weighted by Gasteiger charge is -2.12. The van der Waals surface area contributed by atoms with E-state index in [1.54, 1.807) is 0 Å². The molecule has 0 aliphatic heterocycles. The van der Waals surface area contributed by atoms with Crippen LogP contribution in [0.15, 0.2) is 36.8 Å². The van der Waals surface area contributed by atoms with Crippen molar-refractivity contribution in [2.75, 3.05) is 5.32 Å². The van der Waals surface area contributed by atoms with Crippen LogP contribution in [0.5, 0.6) is 0 Å². The van der Waals surface area contributed by atoms with Gasteiger partial charge in [0.25, 0.3) is 0 Å². The SMILES string of the molecule is CCCn1cncc1CNc1ccccc1CC(N)=O. The number of rotatable bonds is 7. The minimum absolute atomic E-state index is 0.247. The molecule has 0 aliphatic rings. The van der Waals surface area contributed by atoms with Crippen molar-refractivity contribution in [2.24, 2.45) is 5.73 Å². The van der Waals surface area contributed by atoms with Crippen LogP contribution in [0, 0.1) is 0 Å². The second-order valence-electron chi connectivity index (χ2n) is 4.73. The first-order valence-corrected chi connectivity index (χ1v) is 6.79. The molecule has 0 atom stereocenters. The fourth-order valence-electron chi connectivity index (χ4n) is 2.16. The summed E-state index contributed by atoms with van der Waals surface area (Å²) in [4.78, 5) is 15.2. The summed E-state index contributed by atoms with van der Waals surface area (Å²) in [6, 6.07) is 7.72. The van der Waals surface area contributed by atoms with Gasteiger partial charge in [0.15, 0.2) is 0 Å². The first-order chi connectivity index (χ1) is 9.70. The van der Waals surface area contributed by atoms with Gasteiger partial charge in [-0.25, -0.2) is 4.98 Å². The number of hydrogen-bond acceptors (Lipinski definition) is 3. The summed E-state index contributed by atoms with van der Waals surface area (Å²) >= 11 is 0. The molecule has 0 saturated carbocycles. The molecule has 0 radical (unpaired) electrons. The lowest BCUT2D eigenvalue weighted by atomic mass is 10.1. The molecule has 5 nitrogen and oxygen atoms in total. The van der Waals surface area contributed by atoms with Crippen LogP contribution in [0.25, 0.3) is 0 Å². The van der Waals surface area contributed by atoms with Gasteiger partial charge >= 0.3 is 0 Å². The third-order valence-corrected chi connectivity index (χ3v) is 3.11. The largest absolute Gasteiger partial charge is 0.379 e. The van der Waals surface area contributed by atoms with Gasteiger partial charge in [-0.1, -0.05) is 25.1 Å². The van der Waals surface area contributed by atoms with Crippen LogP contribution in [-0.2, 0) is 24.3 Å². The van der Waals surface area contributed by atoms with E-state index in [1.807, 2.05) is 36.8 Å². The van der Waals surface area contributed by atoms with Gasteiger partial charge in [0.1, 0.15) is 0 Å². The number of imidazole rings is 1.